The maximum absolute atomic E-state index is 6.00. The van der Waals surface area contributed by atoms with Crippen LogP contribution in [0.5, 0.6) is 5.75 Å². The molecule has 0 aromatic heterocycles. The Hall–Kier alpha value is -0.730. The molecule has 2 nitrogen and oxygen atoms in total. The first-order valence-electron chi connectivity index (χ1n) is 11.3. The van der Waals surface area contributed by atoms with Crippen molar-refractivity contribution in [1.82, 2.24) is 0 Å². The van der Waals surface area contributed by atoms with Gasteiger partial charge in [-0.2, -0.15) is 0 Å². The molecule has 158 valence electrons. The number of hydrogen-bond acceptors (Lipinski definition) is 1. The third-order valence-corrected chi connectivity index (χ3v) is 5.39. The van der Waals surface area contributed by atoms with Crippen molar-refractivity contribution in [2.75, 3.05) is 26.2 Å². The number of nitrogens with zero attached hydrogens (tertiary/aromatic N) is 1. The highest BCUT2D eigenvalue weighted by Gasteiger charge is 2.26. The van der Waals surface area contributed by atoms with E-state index in [0.717, 1.165) is 25.3 Å². The second kappa shape index (κ2) is 16.2. The molecular weight excluding hydrogens is 354 g/mol. The van der Waals surface area contributed by atoms with Crippen LogP contribution >= 0.6 is 0 Å². The van der Waals surface area contributed by atoms with Crippen molar-refractivity contribution in [3.05, 3.63) is 29.8 Å². The molecule has 0 spiro atoms. The molecule has 0 atom stereocenters. The van der Waals surface area contributed by atoms with E-state index in [1.165, 1.54) is 81.0 Å². The minimum Gasteiger partial charge on any atom is -1.00 e. The van der Waals surface area contributed by atoms with Gasteiger partial charge >= 0.3 is 0 Å². The Morgan fingerprint density at radius 2 is 1.30 bits per heavy atom. The van der Waals surface area contributed by atoms with Crippen molar-refractivity contribution in [3.8, 4) is 5.75 Å². The van der Waals surface area contributed by atoms with E-state index in [2.05, 4.69) is 52.0 Å². The summed E-state index contributed by atoms with van der Waals surface area (Å²) < 4.78 is 7.26. The van der Waals surface area contributed by atoms with Crippen molar-refractivity contribution in [3.63, 3.8) is 0 Å². The maximum atomic E-state index is 6.00. The fourth-order valence-electron chi connectivity index (χ4n) is 3.72. The Bertz CT molecular complexity index is 442. The molecule has 1 aromatic carbocycles. The van der Waals surface area contributed by atoms with Gasteiger partial charge in [0.05, 0.1) is 26.2 Å². The molecule has 0 aliphatic carbocycles. The second-order valence-electron chi connectivity index (χ2n) is 7.93. The lowest BCUT2D eigenvalue weighted by molar-refractivity contribution is -0.941. The number of unbranched alkanes of at least 4 members (excludes halogenated alkanes) is 5. The van der Waals surface area contributed by atoms with E-state index in [0.29, 0.717) is 0 Å². The summed E-state index contributed by atoms with van der Waals surface area (Å²) in [5.41, 5.74) is 1.45. The molecule has 0 amide bonds. The lowest BCUT2D eigenvalue weighted by atomic mass is 10.1. The van der Waals surface area contributed by atoms with Crippen LogP contribution in [0.4, 0.5) is 0 Å². The smallest absolute Gasteiger partial charge is 0.119 e. The van der Waals surface area contributed by atoms with E-state index < -0.39 is 0 Å². The molecule has 0 fully saturated rings. The molecule has 0 saturated carbocycles. The molecule has 0 N–H and O–H groups in total. The first-order chi connectivity index (χ1) is 12.7. The topological polar surface area (TPSA) is 9.23 Å². The minimum atomic E-state index is 0. The first kappa shape index (κ1) is 26.3. The summed E-state index contributed by atoms with van der Waals surface area (Å²) in [5, 5.41) is 0. The van der Waals surface area contributed by atoms with E-state index >= 15 is 0 Å². The van der Waals surface area contributed by atoms with Crippen LogP contribution < -0.4 is 17.1 Å². The molecule has 0 radical (unpaired) electrons. The maximum Gasteiger partial charge on any atom is 0.119 e. The first-order valence-corrected chi connectivity index (χ1v) is 11.3. The Morgan fingerprint density at radius 3 is 1.81 bits per heavy atom. The van der Waals surface area contributed by atoms with Crippen LogP contribution in [-0.2, 0) is 6.54 Å². The predicted molar refractivity (Wildman–Crippen MR) is 115 cm³/mol. The highest BCUT2D eigenvalue weighted by molar-refractivity contribution is 5.28. The van der Waals surface area contributed by atoms with E-state index in [4.69, 9.17) is 4.74 Å². The molecule has 0 aliphatic heterocycles. The summed E-state index contributed by atoms with van der Waals surface area (Å²) in [7, 11) is 0. The highest BCUT2D eigenvalue weighted by Crippen LogP contribution is 2.22. The number of rotatable bonds is 16. The average molecular weight is 398 g/mol. The lowest BCUT2D eigenvalue weighted by Crippen LogP contribution is -3.00. The van der Waals surface area contributed by atoms with Crippen molar-refractivity contribution < 1.29 is 21.6 Å². The van der Waals surface area contributed by atoms with Crippen LogP contribution in [0.2, 0.25) is 0 Å². The fraction of sp³-hybridized carbons (Fsp3) is 0.750. The Morgan fingerprint density at radius 1 is 0.741 bits per heavy atom. The van der Waals surface area contributed by atoms with Gasteiger partial charge in [-0.25, -0.2) is 0 Å². The van der Waals surface area contributed by atoms with Crippen molar-refractivity contribution in [2.45, 2.75) is 92.0 Å². The van der Waals surface area contributed by atoms with Gasteiger partial charge < -0.3 is 21.6 Å². The summed E-state index contributed by atoms with van der Waals surface area (Å²) in [4.78, 5) is 0. The SMILES string of the molecule is CCCCCOc1cccc(C[N+](CCCC)(CCCC)CCCC)c1.[Cl-]. The lowest BCUT2D eigenvalue weighted by Gasteiger charge is -2.39. The summed E-state index contributed by atoms with van der Waals surface area (Å²) >= 11 is 0. The standard InChI is InChI=1S/C24H44NO.ClH/c1-5-9-13-20-26-24-16-14-15-23(21-24)22-25(17-10-6-2,18-11-7-3)19-12-8-4;/h14-16,21H,5-13,17-20,22H2,1-4H3;1H/q+1;/p-1. The van der Waals surface area contributed by atoms with Gasteiger partial charge in [0.25, 0.3) is 0 Å². The zero-order chi connectivity index (χ0) is 19.1. The molecule has 0 heterocycles. The van der Waals surface area contributed by atoms with E-state index in [9.17, 15) is 0 Å². The Kier molecular flexibility index (Phi) is 15.8. The Labute approximate surface area is 175 Å². The summed E-state index contributed by atoms with van der Waals surface area (Å²) in [6.45, 7) is 15.2. The highest BCUT2D eigenvalue weighted by atomic mass is 35.5. The van der Waals surface area contributed by atoms with Crippen molar-refractivity contribution in [1.29, 1.82) is 0 Å². The third-order valence-electron chi connectivity index (χ3n) is 5.39. The molecule has 3 heteroatoms. The van der Waals surface area contributed by atoms with Crippen LogP contribution in [0.25, 0.3) is 0 Å². The molecular formula is C24H44ClNO. The number of ether oxygens (including phenoxy) is 1. The molecule has 0 saturated heterocycles. The van der Waals surface area contributed by atoms with Gasteiger partial charge in [-0.05, 0) is 37.8 Å². The van der Waals surface area contributed by atoms with Gasteiger partial charge in [0.1, 0.15) is 12.3 Å². The van der Waals surface area contributed by atoms with Crippen molar-refractivity contribution in [2.24, 2.45) is 0 Å². The van der Waals surface area contributed by atoms with Gasteiger partial charge in [-0.1, -0.05) is 71.9 Å². The van der Waals surface area contributed by atoms with Crippen LogP contribution in [0, 0.1) is 0 Å². The average Bonchev–Trinajstić information content (AvgIpc) is 2.66. The number of benzene rings is 1. The second-order valence-corrected chi connectivity index (χ2v) is 7.93. The normalized spacial score (nSPS) is 11.3. The monoisotopic (exact) mass is 397 g/mol. The van der Waals surface area contributed by atoms with Crippen LogP contribution in [0.15, 0.2) is 24.3 Å². The number of halogens is 1. The molecule has 1 rings (SSSR count). The van der Waals surface area contributed by atoms with Crippen LogP contribution in [0.1, 0.15) is 91.0 Å². The predicted octanol–water partition coefficient (Wildman–Crippen LogP) is 3.98. The quantitative estimate of drug-likeness (QED) is 0.303. The molecule has 1 aromatic rings. The minimum absolute atomic E-state index is 0. The Balaban J connectivity index is 0.00000676. The van der Waals surface area contributed by atoms with Gasteiger partial charge in [-0.3, -0.25) is 0 Å². The molecule has 0 aliphatic rings. The van der Waals surface area contributed by atoms with Gasteiger partial charge in [-0.15, -0.1) is 0 Å². The summed E-state index contributed by atoms with van der Waals surface area (Å²) in [6.07, 6.45) is 11.5. The van der Waals surface area contributed by atoms with Gasteiger partial charge in [0.15, 0.2) is 0 Å². The summed E-state index contributed by atoms with van der Waals surface area (Å²) in [6, 6.07) is 8.89. The largest absolute Gasteiger partial charge is 1.00 e. The van der Waals surface area contributed by atoms with E-state index in [1.54, 1.807) is 0 Å². The zero-order valence-corrected chi connectivity index (χ0v) is 19.2. The number of hydrogen-bond donors (Lipinski definition) is 0. The molecule has 0 unspecified atom stereocenters. The van der Waals surface area contributed by atoms with Gasteiger partial charge in [0.2, 0.25) is 0 Å². The molecule has 0 bridgehead atoms. The van der Waals surface area contributed by atoms with Crippen molar-refractivity contribution >= 4 is 0 Å². The summed E-state index contributed by atoms with van der Waals surface area (Å²) in [5.74, 6) is 1.05. The van der Waals surface area contributed by atoms with Gasteiger partial charge in [0, 0.05) is 5.56 Å². The molecule has 27 heavy (non-hydrogen) atoms. The van der Waals surface area contributed by atoms with E-state index in [1.807, 2.05) is 0 Å². The fourth-order valence-corrected chi connectivity index (χ4v) is 3.72. The van der Waals surface area contributed by atoms with E-state index in [-0.39, 0.29) is 12.4 Å². The van der Waals surface area contributed by atoms with Crippen LogP contribution in [0.3, 0.4) is 0 Å². The van der Waals surface area contributed by atoms with Crippen LogP contribution in [-0.4, -0.2) is 30.7 Å². The number of quaternary nitrogens is 1. The third kappa shape index (κ3) is 11.0. The zero-order valence-electron chi connectivity index (χ0n) is 18.4.